The van der Waals surface area contributed by atoms with Crippen molar-refractivity contribution in [2.75, 3.05) is 31.1 Å². The number of aromatic nitrogens is 1. The van der Waals surface area contributed by atoms with E-state index in [0.717, 1.165) is 56.0 Å². The molecule has 0 atom stereocenters. The van der Waals surface area contributed by atoms with Crippen LogP contribution in [0.25, 0.3) is 0 Å². The lowest BCUT2D eigenvalue weighted by Crippen LogP contribution is -2.45. The first-order valence-electron chi connectivity index (χ1n) is 11.4. The van der Waals surface area contributed by atoms with Gasteiger partial charge in [-0.1, -0.05) is 13.8 Å². The molecule has 0 amide bonds. The third kappa shape index (κ3) is 6.97. The highest BCUT2D eigenvalue weighted by Crippen LogP contribution is 2.26. The van der Waals surface area contributed by atoms with Gasteiger partial charge in [0.2, 0.25) is 0 Å². The van der Waals surface area contributed by atoms with Crippen LogP contribution < -0.4 is 4.90 Å². The van der Waals surface area contributed by atoms with E-state index in [0.29, 0.717) is 22.5 Å². The lowest BCUT2D eigenvalue weighted by atomic mass is 10.1. The molecule has 4 heterocycles. The smallest absolute Gasteiger partial charge is 0.345 e. The van der Waals surface area contributed by atoms with Crippen molar-refractivity contribution in [1.82, 2.24) is 9.88 Å². The molecule has 2 N–H and O–H groups in total. The van der Waals surface area contributed by atoms with Crippen LogP contribution in [0.15, 0.2) is 36.7 Å². The van der Waals surface area contributed by atoms with Crippen molar-refractivity contribution in [3.8, 4) is 0 Å². The molecule has 3 aromatic heterocycles. The minimum Gasteiger partial charge on any atom is -0.477 e. The van der Waals surface area contributed by atoms with Gasteiger partial charge in [0.1, 0.15) is 9.75 Å². The zero-order chi connectivity index (χ0) is 25.4. The number of piperazine rings is 1. The molecule has 1 saturated heterocycles. The number of nitrogens with zero attached hydrogens (tertiary/aromatic N) is 3. The standard InChI is InChI=1S/C17H21N3O2S.C8H8O3S/c1-2-13-11-15(17(21)22)23-16(13)12-19-7-9-20(10-8-19)14-3-5-18-6-4-14;1-2-5-3-6(8(10)11)12-7(5)4-9/h3-6,11H,2,7-10,12H2,1H3,(H,21,22);3-4H,2H2,1H3,(H,10,11). The topological polar surface area (TPSA) is 111 Å². The Morgan fingerprint density at radius 3 is 2.03 bits per heavy atom. The number of rotatable bonds is 8. The lowest BCUT2D eigenvalue weighted by Gasteiger charge is -2.36. The Labute approximate surface area is 212 Å². The van der Waals surface area contributed by atoms with Gasteiger partial charge in [0, 0.05) is 55.7 Å². The van der Waals surface area contributed by atoms with E-state index in [1.807, 2.05) is 37.5 Å². The van der Waals surface area contributed by atoms with Gasteiger partial charge in [-0.25, -0.2) is 9.59 Å². The van der Waals surface area contributed by atoms with Crippen molar-refractivity contribution in [2.45, 2.75) is 33.2 Å². The molecular weight excluding hydrogens is 486 g/mol. The second-order valence-corrected chi connectivity index (χ2v) is 10.2. The summed E-state index contributed by atoms with van der Waals surface area (Å²) in [7, 11) is 0. The van der Waals surface area contributed by atoms with E-state index in [9.17, 15) is 14.4 Å². The fraction of sp³-hybridized carbons (Fsp3) is 0.360. The number of carbonyl (C=O) groups is 3. The number of thiophene rings is 2. The van der Waals surface area contributed by atoms with Gasteiger partial charge >= 0.3 is 11.9 Å². The summed E-state index contributed by atoms with van der Waals surface area (Å²) in [6.45, 7) is 8.79. The zero-order valence-electron chi connectivity index (χ0n) is 19.8. The summed E-state index contributed by atoms with van der Waals surface area (Å²) >= 11 is 2.44. The maximum Gasteiger partial charge on any atom is 0.345 e. The van der Waals surface area contributed by atoms with Gasteiger partial charge in [0.25, 0.3) is 0 Å². The summed E-state index contributed by atoms with van der Waals surface area (Å²) in [5.74, 6) is -1.79. The van der Waals surface area contributed by atoms with Gasteiger partial charge in [-0.2, -0.15) is 0 Å². The average Bonchev–Trinajstić information content (AvgIpc) is 3.49. The molecule has 0 aliphatic carbocycles. The van der Waals surface area contributed by atoms with Gasteiger partial charge in [0.05, 0.1) is 4.88 Å². The number of aromatic carboxylic acids is 2. The molecule has 0 bridgehead atoms. The SMILES string of the molecule is CCc1cc(C(=O)O)sc1C=O.CCc1cc(C(=O)O)sc1CN1CCN(c2ccncc2)CC1. The number of carboxylic acid groups (broad SMARTS) is 2. The van der Waals surface area contributed by atoms with Crippen molar-refractivity contribution < 1.29 is 24.6 Å². The first-order chi connectivity index (χ1) is 16.9. The largest absolute Gasteiger partial charge is 0.477 e. The predicted molar refractivity (Wildman–Crippen MR) is 138 cm³/mol. The summed E-state index contributed by atoms with van der Waals surface area (Å²) < 4.78 is 0. The first-order valence-corrected chi connectivity index (χ1v) is 13.0. The monoisotopic (exact) mass is 515 g/mol. The highest BCUT2D eigenvalue weighted by Gasteiger charge is 2.20. The Morgan fingerprint density at radius 2 is 1.51 bits per heavy atom. The van der Waals surface area contributed by atoms with E-state index in [2.05, 4.69) is 21.7 Å². The van der Waals surface area contributed by atoms with E-state index < -0.39 is 11.9 Å². The molecule has 1 fully saturated rings. The molecule has 4 rings (SSSR count). The molecule has 186 valence electrons. The number of aryl methyl sites for hydroxylation is 2. The van der Waals surface area contributed by atoms with Crippen LogP contribution in [0.5, 0.6) is 0 Å². The fourth-order valence-corrected chi connectivity index (χ4v) is 5.89. The van der Waals surface area contributed by atoms with E-state index in [-0.39, 0.29) is 4.88 Å². The molecule has 1 aliphatic heterocycles. The number of anilines is 1. The van der Waals surface area contributed by atoms with Gasteiger partial charge < -0.3 is 15.1 Å². The van der Waals surface area contributed by atoms with Crippen LogP contribution >= 0.6 is 22.7 Å². The van der Waals surface area contributed by atoms with Crippen molar-refractivity contribution in [3.05, 3.63) is 67.3 Å². The number of carbonyl (C=O) groups excluding carboxylic acids is 1. The number of hydrogen-bond donors (Lipinski definition) is 2. The van der Waals surface area contributed by atoms with E-state index in [1.54, 1.807) is 6.07 Å². The Kier molecular flexibility index (Phi) is 9.53. The predicted octanol–water partition coefficient (Wildman–Crippen LogP) is 4.55. The lowest BCUT2D eigenvalue weighted by molar-refractivity contribution is 0.0691. The van der Waals surface area contributed by atoms with Gasteiger partial charge in [-0.3, -0.25) is 14.7 Å². The van der Waals surface area contributed by atoms with Crippen molar-refractivity contribution in [1.29, 1.82) is 0 Å². The van der Waals surface area contributed by atoms with Crippen LogP contribution in [-0.2, 0) is 19.4 Å². The average molecular weight is 516 g/mol. The maximum atomic E-state index is 11.2. The molecule has 35 heavy (non-hydrogen) atoms. The highest BCUT2D eigenvalue weighted by atomic mass is 32.1. The van der Waals surface area contributed by atoms with E-state index >= 15 is 0 Å². The van der Waals surface area contributed by atoms with Crippen LogP contribution in [0.1, 0.15) is 58.9 Å². The van der Waals surface area contributed by atoms with Crippen molar-refractivity contribution >= 4 is 46.6 Å². The van der Waals surface area contributed by atoms with Crippen LogP contribution in [0.4, 0.5) is 5.69 Å². The molecule has 10 heteroatoms. The van der Waals surface area contributed by atoms with Crippen LogP contribution in [-0.4, -0.2) is 64.5 Å². The molecule has 0 saturated carbocycles. The minimum atomic E-state index is -0.970. The second kappa shape index (κ2) is 12.6. The number of aldehydes is 1. The van der Waals surface area contributed by atoms with E-state index in [4.69, 9.17) is 10.2 Å². The summed E-state index contributed by atoms with van der Waals surface area (Å²) in [5.41, 5.74) is 3.20. The molecule has 1 aliphatic rings. The van der Waals surface area contributed by atoms with Crippen molar-refractivity contribution in [2.24, 2.45) is 0 Å². The Hall–Kier alpha value is -3.08. The summed E-state index contributed by atoms with van der Waals surface area (Å²) in [6.07, 6.45) is 5.94. The van der Waals surface area contributed by atoms with Gasteiger partial charge in [0.15, 0.2) is 6.29 Å². The van der Waals surface area contributed by atoms with E-state index in [1.165, 1.54) is 27.5 Å². The summed E-state index contributed by atoms with van der Waals surface area (Å²) in [5, 5.41) is 17.8. The normalized spacial score (nSPS) is 13.7. The highest BCUT2D eigenvalue weighted by molar-refractivity contribution is 7.15. The molecule has 0 aromatic carbocycles. The van der Waals surface area contributed by atoms with Crippen LogP contribution in [0, 0.1) is 0 Å². The van der Waals surface area contributed by atoms with Gasteiger partial charge in [-0.05, 0) is 48.2 Å². The molecule has 0 radical (unpaired) electrons. The first kappa shape index (κ1) is 26.5. The van der Waals surface area contributed by atoms with Gasteiger partial charge in [-0.15, -0.1) is 22.7 Å². The molecule has 0 spiro atoms. The summed E-state index contributed by atoms with van der Waals surface area (Å²) in [4.78, 5) is 43.3. The zero-order valence-corrected chi connectivity index (χ0v) is 21.4. The van der Waals surface area contributed by atoms with Crippen LogP contribution in [0.3, 0.4) is 0 Å². The third-order valence-corrected chi connectivity index (χ3v) is 8.04. The summed E-state index contributed by atoms with van der Waals surface area (Å²) in [6, 6.07) is 7.47. The molecule has 3 aromatic rings. The minimum absolute atomic E-state index is 0.231. The third-order valence-electron chi connectivity index (χ3n) is 5.80. The number of carboxylic acids is 2. The Morgan fingerprint density at radius 1 is 0.943 bits per heavy atom. The maximum absolute atomic E-state index is 11.2. The molecular formula is C25H29N3O5S2. The number of hydrogen-bond acceptors (Lipinski definition) is 8. The van der Waals surface area contributed by atoms with Crippen molar-refractivity contribution in [3.63, 3.8) is 0 Å². The quantitative estimate of drug-likeness (QED) is 0.421. The van der Waals surface area contributed by atoms with Crippen LogP contribution in [0.2, 0.25) is 0 Å². The molecule has 8 nitrogen and oxygen atoms in total. The Bertz CT molecular complexity index is 1150. The Balaban J connectivity index is 0.000000241. The molecule has 0 unspecified atom stereocenters. The second-order valence-electron chi connectivity index (χ2n) is 7.96. The number of pyridine rings is 1. The fourth-order valence-electron chi connectivity index (χ4n) is 3.85.